The van der Waals surface area contributed by atoms with Gasteiger partial charge in [0, 0.05) is 62.7 Å². The maximum absolute atomic E-state index is 13.5. The lowest BCUT2D eigenvalue weighted by Gasteiger charge is -2.37. The molecule has 2 unspecified atom stereocenters. The van der Waals surface area contributed by atoms with Crippen LogP contribution in [0.15, 0.2) is 53.5 Å². The van der Waals surface area contributed by atoms with Crippen molar-refractivity contribution in [3.63, 3.8) is 0 Å². The van der Waals surface area contributed by atoms with E-state index in [2.05, 4.69) is 5.32 Å². The molecule has 2 aromatic heterocycles. The lowest BCUT2D eigenvalue weighted by Crippen LogP contribution is -2.43. The van der Waals surface area contributed by atoms with E-state index < -0.39 is 0 Å². The molecule has 1 aromatic carbocycles. The zero-order valence-electron chi connectivity index (χ0n) is 18.4. The fourth-order valence-electron chi connectivity index (χ4n) is 4.69. The minimum atomic E-state index is -0.189. The molecule has 0 aliphatic carbocycles. The van der Waals surface area contributed by atoms with E-state index in [1.165, 1.54) is 10.6 Å². The van der Waals surface area contributed by atoms with E-state index in [1.807, 2.05) is 54.2 Å². The van der Waals surface area contributed by atoms with E-state index in [1.54, 1.807) is 19.3 Å². The lowest BCUT2D eigenvalue weighted by atomic mass is 9.97. The summed E-state index contributed by atoms with van der Waals surface area (Å²) in [5, 5.41) is 3.46. The van der Waals surface area contributed by atoms with Gasteiger partial charge in [0.1, 0.15) is 5.82 Å². The summed E-state index contributed by atoms with van der Waals surface area (Å²) >= 11 is 0. The van der Waals surface area contributed by atoms with E-state index in [-0.39, 0.29) is 23.6 Å². The Morgan fingerprint density at radius 1 is 1.12 bits per heavy atom. The molecule has 1 amide bonds. The summed E-state index contributed by atoms with van der Waals surface area (Å²) in [6.07, 6.45) is 4.07. The first-order chi connectivity index (χ1) is 15.4. The predicted molar refractivity (Wildman–Crippen MR) is 123 cm³/mol. The molecular formula is C24H26N6O2. The van der Waals surface area contributed by atoms with Crippen molar-refractivity contribution >= 4 is 23.4 Å². The molecular weight excluding hydrogens is 404 g/mol. The highest BCUT2D eigenvalue weighted by molar-refractivity contribution is 5.95. The van der Waals surface area contributed by atoms with Crippen LogP contribution in [0.3, 0.4) is 0 Å². The van der Waals surface area contributed by atoms with Crippen molar-refractivity contribution in [1.29, 1.82) is 0 Å². The first-order valence-corrected chi connectivity index (χ1v) is 10.8. The molecule has 3 aromatic rings. The Hall–Kier alpha value is -3.68. The summed E-state index contributed by atoms with van der Waals surface area (Å²) in [6.45, 7) is 0. The van der Waals surface area contributed by atoms with Gasteiger partial charge in [-0.3, -0.25) is 9.59 Å². The topological polar surface area (TPSA) is 83.4 Å². The maximum atomic E-state index is 13.5. The van der Waals surface area contributed by atoms with Crippen LogP contribution in [-0.4, -0.2) is 45.5 Å². The maximum Gasteiger partial charge on any atom is 0.254 e. The minimum Gasteiger partial charge on any atom is -0.347 e. The van der Waals surface area contributed by atoms with Crippen LogP contribution in [0.25, 0.3) is 0 Å². The number of pyridine rings is 1. The van der Waals surface area contributed by atoms with Gasteiger partial charge < -0.3 is 19.7 Å². The molecule has 164 valence electrons. The van der Waals surface area contributed by atoms with Gasteiger partial charge in [-0.1, -0.05) is 18.2 Å². The van der Waals surface area contributed by atoms with Crippen LogP contribution < -0.4 is 15.8 Å². The van der Waals surface area contributed by atoms with Gasteiger partial charge in [0.15, 0.2) is 0 Å². The summed E-state index contributed by atoms with van der Waals surface area (Å²) in [7, 11) is 5.53. The molecule has 4 heterocycles. The monoisotopic (exact) mass is 430 g/mol. The molecule has 1 N–H and O–H groups in total. The van der Waals surface area contributed by atoms with Gasteiger partial charge in [0.2, 0.25) is 5.95 Å². The van der Waals surface area contributed by atoms with Crippen LogP contribution in [0.4, 0.5) is 17.5 Å². The van der Waals surface area contributed by atoms with Crippen LogP contribution in [0.2, 0.25) is 0 Å². The Labute approximate surface area is 186 Å². The quantitative estimate of drug-likeness (QED) is 0.685. The molecule has 2 atom stereocenters. The molecule has 8 heteroatoms. The second-order valence-electron chi connectivity index (χ2n) is 8.65. The van der Waals surface area contributed by atoms with Crippen LogP contribution in [0, 0.1) is 0 Å². The van der Waals surface area contributed by atoms with Crippen molar-refractivity contribution in [3.8, 4) is 0 Å². The SMILES string of the molecule is CN(C)c1nc2c(c(Nc3ccccc3)n1)C1CCC(C2)N1C(=O)c1ccn(C)c(=O)c1. The molecule has 0 radical (unpaired) electrons. The van der Waals surface area contributed by atoms with Gasteiger partial charge in [-0.2, -0.15) is 4.98 Å². The van der Waals surface area contributed by atoms with Crippen LogP contribution in [-0.2, 0) is 13.5 Å². The van der Waals surface area contributed by atoms with E-state index in [0.717, 1.165) is 35.6 Å². The van der Waals surface area contributed by atoms with Gasteiger partial charge >= 0.3 is 0 Å². The Kier molecular flexibility index (Phi) is 4.92. The van der Waals surface area contributed by atoms with E-state index in [0.29, 0.717) is 17.9 Å². The van der Waals surface area contributed by atoms with Gasteiger partial charge in [0.05, 0.1) is 11.7 Å². The second-order valence-corrected chi connectivity index (χ2v) is 8.65. The van der Waals surface area contributed by atoms with Gasteiger partial charge in [-0.25, -0.2) is 4.98 Å². The number of nitrogens with zero attached hydrogens (tertiary/aromatic N) is 5. The number of hydrogen-bond acceptors (Lipinski definition) is 6. The fourth-order valence-corrected chi connectivity index (χ4v) is 4.69. The van der Waals surface area contributed by atoms with Gasteiger partial charge in [-0.15, -0.1) is 0 Å². The average molecular weight is 431 g/mol. The van der Waals surface area contributed by atoms with Crippen LogP contribution in [0.5, 0.6) is 0 Å². The molecule has 2 bridgehead atoms. The zero-order chi connectivity index (χ0) is 22.4. The van der Waals surface area contributed by atoms with Crippen molar-refractivity contribution in [1.82, 2.24) is 19.4 Å². The van der Waals surface area contributed by atoms with Gasteiger partial charge in [0.25, 0.3) is 11.5 Å². The van der Waals surface area contributed by atoms with Gasteiger partial charge in [-0.05, 0) is 31.0 Å². The lowest BCUT2D eigenvalue weighted by molar-refractivity contribution is 0.0644. The number of amides is 1. The van der Waals surface area contributed by atoms with Crippen LogP contribution >= 0.6 is 0 Å². The summed E-state index contributed by atoms with van der Waals surface area (Å²) < 4.78 is 1.47. The summed E-state index contributed by atoms with van der Waals surface area (Å²) in [5.41, 5.74) is 3.14. The number of benzene rings is 1. The molecule has 2 aliphatic rings. The van der Waals surface area contributed by atoms with Crippen molar-refractivity contribution in [2.24, 2.45) is 7.05 Å². The third kappa shape index (κ3) is 3.41. The second kappa shape index (κ2) is 7.78. The predicted octanol–water partition coefficient (Wildman–Crippen LogP) is 2.89. The zero-order valence-corrected chi connectivity index (χ0v) is 18.4. The smallest absolute Gasteiger partial charge is 0.254 e. The number of anilines is 3. The molecule has 32 heavy (non-hydrogen) atoms. The number of rotatable bonds is 4. The number of carbonyl (C=O) groups excluding carboxylic acids is 1. The molecule has 5 rings (SSSR count). The molecule has 0 spiro atoms. The number of fused-ring (bicyclic) bond motifs is 4. The molecule has 8 nitrogen and oxygen atoms in total. The van der Waals surface area contributed by atoms with E-state index in [4.69, 9.17) is 9.97 Å². The highest BCUT2D eigenvalue weighted by atomic mass is 16.2. The van der Waals surface area contributed by atoms with E-state index in [9.17, 15) is 9.59 Å². The molecule has 1 saturated heterocycles. The number of nitrogens with one attached hydrogen (secondary N) is 1. The largest absolute Gasteiger partial charge is 0.347 e. The van der Waals surface area contributed by atoms with Crippen molar-refractivity contribution < 1.29 is 4.79 Å². The fraction of sp³-hybridized carbons (Fsp3) is 0.333. The van der Waals surface area contributed by atoms with E-state index >= 15 is 0 Å². The minimum absolute atomic E-state index is 0.0681. The summed E-state index contributed by atoms with van der Waals surface area (Å²) in [6, 6.07) is 13.0. The number of carbonyl (C=O) groups is 1. The summed E-state index contributed by atoms with van der Waals surface area (Å²) in [5.74, 6) is 1.27. The first kappa shape index (κ1) is 20.2. The highest BCUT2D eigenvalue weighted by Gasteiger charge is 2.45. The summed E-state index contributed by atoms with van der Waals surface area (Å²) in [4.78, 5) is 39.1. The third-order valence-electron chi connectivity index (χ3n) is 6.30. The highest BCUT2D eigenvalue weighted by Crippen LogP contribution is 2.47. The first-order valence-electron chi connectivity index (χ1n) is 10.8. The Balaban J connectivity index is 1.58. The van der Waals surface area contributed by atoms with Crippen molar-refractivity contribution in [2.45, 2.75) is 31.3 Å². The Morgan fingerprint density at radius 3 is 2.62 bits per heavy atom. The third-order valence-corrected chi connectivity index (χ3v) is 6.30. The molecule has 2 aliphatic heterocycles. The number of aryl methyl sites for hydroxylation is 1. The van der Waals surface area contributed by atoms with Crippen molar-refractivity contribution in [3.05, 3.63) is 75.8 Å². The standard InChI is InChI=1S/C24H26N6O2/c1-28(2)24-26-18-14-17-9-10-19(21(18)22(27-24)25-16-7-5-4-6-8-16)30(17)23(32)15-11-12-29(3)20(31)13-15/h4-8,11-13,17,19H,9-10,14H2,1-3H3,(H,25,26,27). The number of hydrogen-bond donors (Lipinski definition) is 1. The Bertz CT molecular complexity index is 1240. The average Bonchev–Trinajstić information content (AvgIpc) is 3.09. The molecule has 1 fully saturated rings. The Morgan fingerprint density at radius 2 is 1.91 bits per heavy atom. The van der Waals surface area contributed by atoms with Crippen molar-refractivity contribution in [2.75, 3.05) is 24.3 Å². The van der Waals surface area contributed by atoms with Crippen LogP contribution in [0.1, 0.15) is 40.5 Å². The number of para-hydroxylation sites is 1. The number of aromatic nitrogens is 3. The molecule has 0 saturated carbocycles. The normalized spacial score (nSPS) is 18.9.